The Morgan fingerprint density at radius 3 is 2.19 bits per heavy atom. The Balaban J connectivity index is 1.98. The summed E-state index contributed by atoms with van der Waals surface area (Å²) in [4.78, 5) is 22.1. The van der Waals surface area contributed by atoms with Gasteiger partial charge >= 0.3 is 5.63 Å². The molecule has 5 nitrogen and oxygen atoms in total. The molecule has 0 amide bonds. The van der Waals surface area contributed by atoms with Crippen molar-refractivity contribution < 1.29 is 4.42 Å². The van der Waals surface area contributed by atoms with Gasteiger partial charge in [-0.05, 0) is 5.56 Å². The SMILES string of the molecule is CC(C)(C)c1nc2nc(-c3ccccc3)n(Cc3ccccc3)c2c(=O)o1. The molecule has 0 N–H and O–H groups in total. The average Bonchev–Trinajstić information content (AvgIpc) is 3.01. The minimum absolute atomic E-state index is 0.372. The fraction of sp³-hybridized carbons (Fsp3) is 0.227. The van der Waals surface area contributed by atoms with E-state index in [1.807, 2.05) is 86.0 Å². The number of hydrogen-bond donors (Lipinski definition) is 0. The fourth-order valence-corrected chi connectivity index (χ4v) is 3.02. The summed E-state index contributed by atoms with van der Waals surface area (Å²) in [5, 5.41) is 0. The zero-order valence-corrected chi connectivity index (χ0v) is 15.6. The number of fused-ring (bicyclic) bond motifs is 1. The first-order chi connectivity index (χ1) is 12.9. The second-order valence-electron chi connectivity index (χ2n) is 7.60. The maximum Gasteiger partial charge on any atom is 0.365 e. The first kappa shape index (κ1) is 17.2. The van der Waals surface area contributed by atoms with Crippen LogP contribution < -0.4 is 5.63 Å². The molecule has 0 unspecified atom stereocenters. The molecule has 0 saturated carbocycles. The largest absolute Gasteiger partial charge is 0.406 e. The number of nitrogens with zero attached hydrogens (tertiary/aromatic N) is 3. The number of rotatable bonds is 3. The molecule has 5 heteroatoms. The van der Waals surface area contributed by atoms with E-state index in [2.05, 4.69) is 4.98 Å². The number of aromatic nitrogens is 3. The Labute approximate surface area is 157 Å². The Hall–Kier alpha value is -3.21. The maximum atomic E-state index is 12.8. The maximum absolute atomic E-state index is 12.8. The molecule has 4 rings (SSSR count). The van der Waals surface area contributed by atoms with Crippen LogP contribution in [0.1, 0.15) is 32.2 Å². The van der Waals surface area contributed by atoms with Crippen molar-refractivity contribution in [2.45, 2.75) is 32.7 Å². The number of hydrogen-bond acceptors (Lipinski definition) is 4. The fourth-order valence-electron chi connectivity index (χ4n) is 3.02. The van der Waals surface area contributed by atoms with Gasteiger partial charge in [0.1, 0.15) is 5.82 Å². The summed E-state index contributed by atoms with van der Waals surface area (Å²) in [7, 11) is 0. The summed E-state index contributed by atoms with van der Waals surface area (Å²) in [5.74, 6) is 1.10. The molecular weight excluding hydrogens is 338 g/mol. The van der Waals surface area contributed by atoms with Crippen LogP contribution in [-0.4, -0.2) is 14.5 Å². The lowest BCUT2D eigenvalue weighted by Gasteiger charge is -2.14. The molecule has 0 bridgehead atoms. The summed E-state index contributed by atoms with van der Waals surface area (Å²) in [6, 6.07) is 19.8. The molecular formula is C22H21N3O2. The lowest BCUT2D eigenvalue weighted by molar-refractivity contribution is 0.358. The van der Waals surface area contributed by atoms with Gasteiger partial charge < -0.3 is 8.98 Å². The van der Waals surface area contributed by atoms with Gasteiger partial charge in [0.25, 0.3) is 0 Å². The molecule has 27 heavy (non-hydrogen) atoms. The van der Waals surface area contributed by atoms with E-state index in [1.54, 1.807) is 0 Å². The molecule has 0 radical (unpaired) electrons. The van der Waals surface area contributed by atoms with Gasteiger partial charge in [-0.3, -0.25) is 0 Å². The van der Waals surface area contributed by atoms with Gasteiger partial charge in [0, 0.05) is 17.5 Å². The molecule has 2 heterocycles. The van der Waals surface area contributed by atoms with Crippen LogP contribution in [0.2, 0.25) is 0 Å². The molecule has 0 spiro atoms. The van der Waals surface area contributed by atoms with E-state index in [-0.39, 0.29) is 5.41 Å². The molecule has 0 fully saturated rings. The monoisotopic (exact) mass is 359 g/mol. The van der Waals surface area contributed by atoms with Crippen LogP contribution in [0.4, 0.5) is 0 Å². The molecule has 4 aromatic rings. The van der Waals surface area contributed by atoms with Gasteiger partial charge in [-0.15, -0.1) is 0 Å². The summed E-state index contributed by atoms with van der Waals surface area (Å²) in [6.07, 6.45) is 0. The smallest absolute Gasteiger partial charge is 0.365 e. The van der Waals surface area contributed by atoms with Gasteiger partial charge in [0.15, 0.2) is 11.2 Å². The van der Waals surface area contributed by atoms with Crippen molar-refractivity contribution >= 4 is 11.2 Å². The highest BCUT2D eigenvalue weighted by molar-refractivity contribution is 5.76. The third-order valence-electron chi connectivity index (χ3n) is 4.40. The topological polar surface area (TPSA) is 60.9 Å². The highest BCUT2D eigenvalue weighted by Crippen LogP contribution is 2.26. The van der Waals surface area contributed by atoms with E-state index in [0.717, 1.165) is 11.1 Å². The first-order valence-corrected chi connectivity index (χ1v) is 8.95. The van der Waals surface area contributed by atoms with Crippen LogP contribution in [0.25, 0.3) is 22.6 Å². The second kappa shape index (κ2) is 6.50. The van der Waals surface area contributed by atoms with E-state index in [0.29, 0.717) is 29.4 Å². The molecule has 0 aliphatic carbocycles. The normalized spacial score (nSPS) is 11.8. The highest BCUT2D eigenvalue weighted by atomic mass is 16.4. The standard InChI is InChI=1S/C22H21N3O2/c1-22(2,3)21-24-18-17(20(26)27-21)25(14-15-10-6-4-7-11-15)19(23-18)16-12-8-5-9-13-16/h4-13H,14H2,1-3H3. The minimum atomic E-state index is -0.407. The Bertz CT molecular complexity index is 1140. The van der Waals surface area contributed by atoms with E-state index in [4.69, 9.17) is 9.40 Å². The van der Waals surface area contributed by atoms with Gasteiger partial charge in [0.2, 0.25) is 5.89 Å². The van der Waals surface area contributed by atoms with Crippen molar-refractivity contribution in [2.24, 2.45) is 0 Å². The van der Waals surface area contributed by atoms with Gasteiger partial charge in [-0.1, -0.05) is 81.4 Å². The molecule has 0 saturated heterocycles. The third kappa shape index (κ3) is 3.28. The highest BCUT2D eigenvalue weighted by Gasteiger charge is 2.24. The molecule has 2 aromatic carbocycles. The van der Waals surface area contributed by atoms with Crippen LogP contribution in [0.3, 0.4) is 0 Å². The van der Waals surface area contributed by atoms with Crippen molar-refractivity contribution in [1.82, 2.24) is 14.5 Å². The van der Waals surface area contributed by atoms with Crippen molar-refractivity contribution in [3.8, 4) is 11.4 Å². The Morgan fingerprint density at radius 1 is 0.926 bits per heavy atom. The first-order valence-electron chi connectivity index (χ1n) is 8.95. The molecule has 0 aliphatic rings. The van der Waals surface area contributed by atoms with Gasteiger partial charge in [0.05, 0.1) is 0 Å². The molecule has 2 aromatic heterocycles. The van der Waals surface area contributed by atoms with E-state index < -0.39 is 5.63 Å². The van der Waals surface area contributed by atoms with Crippen LogP contribution in [-0.2, 0) is 12.0 Å². The zero-order valence-electron chi connectivity index (χ0n) is 15.6. The zero-order chi connectivity index (χ0) is 19.0. The summed E-state index contributed by atoms with van der Waals surface area (Å²) in [6.45, 7) is 6.40. The number of imidazole rings is 1. The quantitative estimate of drug-likeness (QED) is 0.544. The number of benzene rings is 2. The van der Waals surface area contributed by atoms with Crippen LogP contribution in [0.5, 0.6) is 0 Å². The van der Waals surface area contributed by atoms with Gasteiger partial charge in [-0.25, -0.2) is 9.78 Å². The average molecular weight is 359 g/mol. The van der Waals surface area contributed by atoms with Crippen molar-refractivity contribution in [2.75, 3.05) is 0 Å². The third-order valence-corrected chi connectivity index (χ3v) is 4.40. The molecule has 0 atom stereocenters. The van der Waals surface area contributed by atoms with Crippen molar-refractivity contribution in [1.29, 1.82) is 0 Å². The lowest BCUT2D eigenvalue weighted by Crippen LogP contribution is -2.18. The minimum Gasteiger partial charge on any atom is -0.406 e. The second-order valence-corrected chi connectivity index (χ2v) is 7.60. The summed E-state index contributed by atoms with van der Waals surface area (Å²) >= 11 is 0. The lowest BCUT2D eigenvalue weighted by atomic mass is 9.97. The molecule has 0 aliphatic heterocycles. The summed E-state index contributed by atoms with van der Waals surface area (Å²) in [5.41, 5.74) is 2.05. The Morgan fingerprint density at radius 2 is 1.56 bits per heavy atom. The van der Waals surface area contributed by atoms with Crippen molar-refractivity contribution in [3.05, 3.63) is 82.5 Å². The predicted octanol–water partition coefficient (Wildman–Crippen LogP) is 4.40. The van der Waals surface area contributed by atoms with Gasteiger partial charge in [-0.2, -0.15) is 4.98 Å². The van der Waals surface area contributed by atoms with Crippen molar-refractivity contribution in [3.63, 3.8) is 0 Å². The van der Waals surface area contributed by atoms with Crippen LogP contribution >= 0.6 is 0 Å². The van der Waals surface area contributed by atoms with E-state index >= 15 is 0 Å². The van der Waals surface area contributed by atoms with Crippen LogP contribution in [0, 0.1) is 0 Å². The predicted molar refractivity (Wildman–Crippen MR) is 106 cm³/mol. The van der Waals surface area contributed by atoms with E-state index in [9.17, 15) is 4.79 Å². The van der Waals surface area contributed by atoms with Crippen LogP contribution in [0.15, 0.2) is 69.9 Å². The Kier molecular flexibility index (Phi) is 4.15. The summed E-state index contributed by atoms with van der Waals surface area (Å²) < 4.78 is 7.45. The molecule has 136 valence electrons. The van der Waals surface area contributed by atoms with E-state index in [1.165, 1.54) is 0 Å².